The minimum atomic E-state index is -0.278. The summed E-state index contributed by atoms with van der Waals surface area (Å²) in [6.07, 6.45) is 2.58. The van der Waals surface area contributed by atoms with Gasteiger partial charge in [0.1, 0.15) is 24.5 Å². The Morgan fingerprint density at radius 1 is 1.13 bits per heavy atom. The number of carbonyl (C=O) groups is 1. The van der Waals surface area contributed by atoms with E-state index in [2.05, 4.69) is 0 Å². The first-order valence-electron chi connectivity index (χ1n) is 7.93. The van der Waals surface area contributed by atoms with Gasteiger partial charge in [-0.3, -0.25) is 0 Å². The van der Waals surface area contributed by atoms with Crippen molar-refractivity contribution in [1.29, 1.82) is 0 Å². The van der Waals surface area contributed by atoms with Crippen molar-refractivity contribution in [2.45, 2.75) is 19.4 Å². The van der Waals surface area contributed by atoms with E-state index < -0.39 is 0 Å². The number of hydrogen-bond acceptors (Lipinski definition) is 3. The summed E-state index contributed by atoms with van der Waals surface area (Å²) in [5.41, 5.74) is 1.63. The molecule has 0 unspecified atom stereocenters. The molecule has 1 saturated heterocycles. The molecule has 0 spiro atoms. The highest BCUT2D eigenvalue weighted by atomic mass is 19.1. The average molecular weight is 313 g/mol. The maximum Gasteiger partial charge on any atom is 0.150 e. The number of rotatable bonds is 5. The number of aldehydes is 1. The van der Waals surface area contributed by atoms with E-state index in [0.29, 0.717) is 31.1 Å². The largest absolute Gasteiger partial charge is 0.489 e. The number of piperidine rings is 1. The van der Waals surface area contributed by atoms with Crippen LogP contribution in [0.4, 0.5) is 10.1 Å². The van der Waals surface area contributed by atoms with Gasteiger partial charge in [0.15, 0.2) is 0 Å². The van der Waals surface area contributed by atoms with E-state index >= 15 is 0 Å². The second-order valence-electron chi connectivity index (χ2n) is 5.85. The third-order valence-electron chi connectivity index (χ3n) is 4.24. The molecule has 0 N–H and O–H groups in total. The Bertz CT molecular complexity index is 652. The van der Waals surface area contributed by atoms with E-state index in [1.165, 1.54) is 6.07 Å². The summed E-state index contributed by atoms with van der Waals surface area (Å²) in [5, 5.41) is 0. The lowest BCUT2D eigenvalue weighted by Gasteiger charge is -2.31. The fourth-order valence-corrected chi connectivity index (χ4v) is 2.85. The van der Waals surface area contributed by atoms with E-state index in [1.54, 1.807) is 12.1 Å². The standard InChI is InChI=1S/C19H20FNO2/c20-18-12-17(23-14-16-4-2-1-3-5-16)6-7-19(18)21-10-8-15(13-22)9-11-21/h1-7,12-13,15H,8-11,14H2. The van der Waals surface area contributed by atoms with Crippen molar-refractivity contribution in [3.63, 3.8) is 0 Å². The van der Waals surface area contributed by atoms with Crippen molar-refractivity contribution in [2.24, 2.45) is 5.92 Å². The predicted octanol–water partition coefficient (Wildman–Crippen LogP) is 3.82. The quantitative estimate of drug-likeness (QED) is 0.786. The molecule has 2 aromatic carbocycles. The Morgan fingerprint density at radius 3 is 2.52 bits per heavy atom. The summed E-state index contributed by atoms with van der Waals surface area (Å²) in [5.74, 6) is 0.362. The van der Waals surface area contributed by atoms with Gasteiger partial charge in [-0.2, -0.15) is 0 Å². The Labute approximate surface area is 135 Å². The molecule has 120 valence electrons. The molecular formula is C19H20FNO2. The topological polar surface area (TPSA) is 29.5 Å². The Kier molecular flexibility index (Phi) is 4.91. The predicted molar refractivity (Wildman–Crippen MR) is 88.2 cm³/mol. The van der Waals surface area contributed by atoms with E-state index in [-0.39, 0.29) is 11.7 Å². The van der Waals surface area contributed by atoms with Crippen LogP contribution in [0.25, 0.3) is 0 Å². The molecule has 1 fully saturated rings. The third-order valence-corrected chi connectivity index (χ3v) is 4.24. The molecule has 23 heavy (non-hydrogen) atoms. The smallest absolute Gasteiger partial charge is 0.150 e. The number of benzene rings is 2. The van der Waals surface area contributed by atoms with Gasteiger partial charge < -0.3 is 14.4 Å². The Hall–Kier alpha value is -2.36. The second-order valence-corrected chi connectivity index (χ2v) is 5.85. The first-order valence-corrected chi connectivity index (χ1v) is 7.93. The van der Waals surface area contributed by atoms with Crippen molar-refractivity contribution in [1.82, 2.24) is 0 Å². The second kappa shape index (κ2) is 7.27. The number of halogens is 1. The molecular weight excluding hydrogens is 293 g/mol. The van der Waals surface area contributed by atoms with Crippen LogP contribution < -0.4 is 9.64 Å². The van der Waals surface area contributed by atoms with E-state index in [9.17, 15) is 9.18 Å². The first kappa shape index (κ1) is 15.5. The molecule has 3 nitrogen and oxygen atoms in total. The third kappa shape index (κ3) is 3.89. The monoisotopic (exact) mass is 313 g/mol. The number of ether oxygens (including phenoxy) is 1. The summed E-state index contributed by atoms with van der Waals surface area (Å²) in [7, 11) is 0. The van der Waals surface area contributed by atoms with Crippen LogP contribution in [0.3, 0.4) is 0 Å². The fourth-order valence-electron chi connectivity index (χ4n) is 2.85. The van der Waals surface area contributed by atoms with Crippen LogP contribution in [-0.2, 0) is 11.4 Å². The van der Waals surface area contributed by atoms with Gasteiger partial charge in [0.25, 0.3) is 0 Å². The summed E-state index contributed by atoms with van der Waals surface area (Å²) in [4.78, 5) is 12.8. The van der Waals surface area contributed by atoms with Crippen LogP contribution in [0, 0.1) is 11.7 Å². The highest BCUT2D eigenvalue weighted by Crippen LogP contribution is 2.28. The van der Waals surface area contributed by atoms with Crippen LogP contribution in [0.2, 0.25) is 0 Å². The SMILES string of the molecule is O=CC1CCN(c2ccc(OCc3ccccc3)cc2F)CC1. The molecule has 1 aliphatic rings. The summed E-state index contributed by atoms with van der Waals surface area (Å²) >= 11 is 0. The maximum atomic E-state index is 14.3. The molecule has 1 heterocycles. The molecule has 0 atom stereocenters. The summed E-state index contributed by atoms with van der Waals surface area (Å²) in [6, 6.07) is 14.8. The van der Waals surface area contributed by atoms with Gasteiger partial charge in [0.05, 0.1) is 5.69 Å². The molecule has 0 amide bonds. The van der Waals surface area contributed by atoms with Crippen LogP contribution in [0.1, 0.15) is 18.4 Å². The van der Waals surface area contributed by atoms with Crippen molar-refractivity contribution in [2.75, 3.05) is 18.0 Å². The number of nitrogens with zero attached hydrogens (tertiary/aromatic N) is 1. The van der Waals surface area contributed by atoms with Crippen molar-refractivity contribution >= 4 is 12.0 Å². The summed E-state index contributed by atoms with van der Waals surface area (Å²) in [6.45, 7) is 1.85. The molecule has 2 aromatic rings. The lowest BCUT2D eigenvalue weighted by molar-refractivity contribution is -0.111. The number of carbonyl (C=O) groups excluding carboxylic acids is 1. The lowest BCUT2D eigenvalue weighted by atomic mass is 9.98. The maximum absolute atomic E-state index is 14.3. The number of hydrogen-bond donors (Lipinski definition) is 0. The fraction of sp³-hybridized carbons (Fsp3) is 0.316. The van der Waals surface area contributed by atoms with Gasteiger partial charge in [0, 0.05) is 25.1 Å². The highest BCUT2D eigenvalue weighted by molar-refractivity contribution is 5.56. The van der Waals surface area contributed by atoms with Gasteiger partial charge in [-0.25, -0.2) is 4.39 Å². The van der Waals surface area contributed by atoms with Gasteiger partial charge in [-0.15, -0.1) is 0 Å². The summed E-state index contributed by atoms with van der Waals surface area (Å²) < 4.78 is 20.0. The minimum Gasteiger partial charge on any atom is -0.489 e. The molecule has 1 aliphatic heterocycles. The van der Waals surface area contributed by atoms with Gasteiger partial charge in [-0.1, -0.05) is 30.3 Å². The molecule has 4 heteroatoms. The number of anilines is 1. The van der Waals surface area contributed by atoms with Crippen LogP contribution in [-0.4, -0.2) is 19.4 Å². The van der Waals surface area contributed by atoms with Crippen molar-refractivity contribution in [3.05, 3.63) is 59.9 Å². The normalized spacial score (nSPS) is 15.4. The highest BCUT2D eigenvalue weighted by Gasteiger charge is 2.21. The molecule has 0 bridgehead atoms. The van der Waals surface area contributed by atoms with Crippen LogP contribution >= 0.6 is 0 Å². The minimum absolute atomic E-state index is 0.114. The molecule has 0 aromatic heterocycles. The molecule has 3 rings (SSSR count). The zero-order valence-corrected chi connectivity index (χ0v) is 13.0. The lowest BCUT2D eigenvalue weighted by Crippen LogP contribution is -2.34. The molecule has 0 saturated carbocycles. The van der Waals surface area contributed by atoms with Crippen molar-refractivity contribution < 1.29 is 13.9 Å². The first-order chi connectivity index (χ1) is 11.3. The zero-order chi connectivity index (χ0) is 16.1. The Morgan fingerprint density at radius 2 is 1.87 bits per heavy atom. The van der Waals surface area contributed by atoms with E-state index in [0.717, 1.165) is 24.7 Å². The van der Waals surface area contributed by atoms with E-state index in [1.807, 2.05) is 35.2 Å². The van der Waals surface area contributed by atoms with Crippen molar-refractivity contribution in [3.8, 4) is 5.75 Å². The molecule has 0 radical (unpaired) electrons. The Balaban J connectivity index is 1.63. The zero-order valence-electron chi connectivity index (χ0n) is 13.0. The van der Waals surface area contributed by atoms with E-state index in [4.69, 9.17) is 4.74 Å². The molecule has 0 aliphatic carbocycles. The van der Waals surface area contributed by atoms with Crippen LogP contribution in [0.15, 0.2) is 48.5 Å². The van der Waals surface area contributed by atoms with Gasteiger partial charge in [0.2, 0.25) is 0 Å². The average Bonchev–Trinajstić information content (AvgIpc) is 2.61. The van der Waals surface area contributed by atoms with Gasteiger partial charge >= 0.3 is 0 Å². The van der Waals surface area contributed by atoms with Crippen LogP contribution in [0.5, 0.6) is 5.75 Å². The van der Waals surface area contributed by atoms with Gasteiger partial charge in [-0.05, 0) is 30.5 Å².